The Morgan fingerprint density at radius 2 is 2.15 bits per heavy atom. The zero-order chi connectivity index (χ0) is 14.3. The van der Waals surface area contributed by atoms with Crippen LogP contribution in [-0.4, -0.2) is 25.7 Å². The van der Waals surface area contributed by atoms with Gasteiger partial charge in [-0.1, -0.05) is 23.7 Å². The largest absolute Gasteiger partial charge is 0.507 e. The molecule has 0 radical (unpaired) electrons. The summed E-state index contributed by atoms with van der Waals surface area (Å²) in [6.07, 6.45) is 2.00. The van der Waals surface area contributed by atoms with Gasteiger partial charge in [0.1, 0.15) is 17.6 Å². The van der Waals surface area contributed by atoms with E-state index < -0.39 is 12.0 Å². The van der Waals surface area contributed by atoms with Crippen molar-refractivity contribution in [1.29, 1.82) is 0 Å². The number of benzene rings is 1. The van der Waals surface area contributed by atoms with E-state index in [-0.39, 0.29) is 5.75 Å². The van der Waals surface area contributed by atoms with Gasteiger partial charge in [0.25, 0.3) is 0 Å². The fourth-order valence-corrected chi connectivity index (χ4v) is 2.94. The number of nitrogens with zero attached hydrogens (tertiary/aromatic N) is 2. The van der Waals surface area contributed by atoms with Crippen LogP contribution in [0.1, 0.15) is 24.6 Å². The number of para-hydroxylation sites is 1. The van der Waals surface area contributed by atoms with Crippen LogP contribution in [0.3, 0.4) is 0 Å². The van der Waals surface area contributed by atoms with E-state index in [0.29, 0.717) is 29.4 Å². The van der Waals surface area contributed by atoms with Crippen molar-refractivity contribution in [2.75, 3.05) is 0 Å². The van der Waals surface area contributed by atoms with E-state index in [9.17, 15) is 15.0 Å². The average molecular weight is 293 g/mol. The minimum Gasteiger partial charge on any atom is -0.507 e. The smallest absolute Gasteiger partial charge is 0.326 e. The minimum atomic E-state index is -0.906. The van der Waals surface area contributed by atoms with Gasteiger partial charge in [-0.25, -0.2) is 9.78 Å². The molecule has 5 nitrogen and oxygen atoms in total. The molecule has 2 heterocycles. The molecule has 1 aromatic carbocycles. The van der Waals surface area contributed by atoms with Crippen molar-refractivity contribution >= 4 is 17.6 Å². The lowest BCUT2D eigenvalue weighted by atomic mass is 10.0. The summed E-state index contributed by atoms with van der Waals surface area (Å²) in [5, 5.41) is 19.7. The second-order valence-electron chi connectivity index (χ2n) is 4.81. The molecule has 3 rings (SSSR count). The zero-order valence-electron chi connectivity index (χ0n) is 10.6. The molecule has 104 valence electrons. The van der Waals surface area contributed by atoms with Gasteiger partial charge in [-0.2, -0.15) is 0 Å². The number of aliphatic carboxylic acids is 1. The Hall–Kier alpha value is -2.01. The molecular weight excluding hydrogens is 280 g/mol. The highest BCUT2D eigenvalue weighted by Gasteiger charge is 2.31. The van der Waals surface area contributed by atoms with Gasteiger partial charge in [-0.15, -0.1) is 0 Å². The number of carboxylic acids is 1. The van der Waals surface area contributed by atoms with Gasteiger partial charge in [0, 0.05) is 0 Å². The van der Waals surface area contributed by atoms with E-state index in [1.54, 1.807) is 28.8 Å². The van der Waals surface area contributed by atoms with Crippen LogP contribution in [-0.2, 0) is 11.2 Å². The number of carbonyl (C=O) groups is 1. The maximum atomic E-state index is 11.4. The average Bonchev–Trinajstić information content (AvgIpc) is 2.77. The molecular formula is C14H13ClN2O3. The molecule has 0 aliphatic carbocycles. The van der Waals surface area contributed by atoms with Crippen molar-refractivity contribution < 1.29 is 15.0 Å². The van der Waals surface area contributed by atoms with Gasteiger partial charge < -0.3 is 14.8 Å². The van der Waals surface area contributed by atoms with Crippen molar-refractivity contribution in [3.8, 4) is 17.1 Å². The second kappa shape index (κ2) is 4.83. The Labute approximate surface area is 120 Å². The number of carboxylic acid groups (broad SMARTS) is 1. The molecule has 2 aromatic rings. The SMILES string of the molecule is O=C(O)C1CCCc2c(Cl)nc(-c3ccccc3O)n21. The first-order valence-electron chi connectivity index (χ1n) is 6.37. The van der Waals surface area contributed by atoms with Crippen molar-refractivity contribution in [3.63, 3.8) is 0 Å². The number of aromatic hydroxyl groups is 1. The van der Waals surface area contributed by atoms with Gasteiger partial charge in [0.15, 0.2) is 5.15 Å². The molecule has 0 saturated heterocycles. The van der Waals surface area contributed by atoms with Gasteiger partial charge in [-0.05, 0) is 31.4 Å². The van der Waals surface area contributed by atoms with Crippen LogP contribution in [0.5, 0.6) is 5.75 Å². The summed E-state index contributed by atoms with van der Waals surface area (Å²) in [7, 11) is 0. The van der Waals surface area contributed by atoms with Crippen molar-refractivity contribution in [2.24, 2.45) is 0 Å². The maximum absolute atomic E-state index is 11.4. The van der Waals surface area contributed by atoms with Crippen LogP contribution in [0, 0.1) is 0 Å². The van der Waals surface area contributed by atoms with Crippen molar-refractivity contribution in [2.45, 2.75) is 25.3 Å². The number of phenolic OH excluding ortho intramolecular Hbond substituents is 1. The fourth-order valence-electron chi connectivity index (χ4n) is 2.68. The van der Waals surface area contributed by atoms with E-state index in [1.807, 2.05) is 0 Å². The highest BCUT2D eigenvalue weighted by atomic mass is 35.5. The first-order valence-corrected chi connectivity index (χ1v) is 6.75. The first-order chi connectivity index (χ1) is 9.59. The van der Waals surface area contributed by atoms with E-state index in [1.165, 1.54) is 0 Å². The molecule has 1 unspecified atom stereocenters. The van der Waals surface area contributed by atoms with E-state index in [4.69, 9.17) is 11.6 Å². The summed E-state index contributed by atoms with van der Waals surface area (Å²) < 4.78 is 1.64. The van der Waals surface area contributed by atoms with Gasteiger partial charge in [-0.3, -0.25) is 0 Å². The Balaban J connectivity index is 2.23. The maximum Gasteiger partial charge on any atom is 0.326 e. The van der Waals surface area contributed by atoms with Gasteiger partial charge >= 0.3 is 5.97 Å². The number of phenols is 1. The number of aromatic nitrogens is 2. The van der Waals surface area contributed by atoms with Crippen LogP contribution < -0.4 is 0 Å². The monoisotopic (exact) mass is 292 g/mol. The van der Waals surface area contributed by atoms with Gasteiger partial charge in [0.2, 0.25) is 0 Å². The normalized spacial score (nSPS) is 17.8. The standard InChI is InChI=1S/C14H13ClN2O3/c15-12-9-5-3-6-10(14(19)20)17(9)13(16-12)8-4-1-2-7-11(8)18/h1-2,4,7,10,18H,3,5-6H2,(H,19,20). The molecule has 2 N–H and O–H groups in total. The fraction of sp³-hybridized carbons (Fsp3) is 0.286. The number of halogens is 1. The topological polar surface area (TPSA) is 75.3 Å². The Bertz CT molecular complexity index is 681. The summed E-state index contributed by atoms with van der Waals surface area (Å²) in [5.41, 5.74) is 1.22. The summed E-state index contributed by atoms with van der Waals surface area (Å²) in [6.45, 7) is 0. The molecule has 0 fully saturated rings. The molecule has 6 heteroatoms. The van der Waals surface area contributed by atoms with Crippen LogP contribution in [0.2, 0.25) is 5.15 Å². The first kappa shape index (κ1) is 13.0. The predicted molar refractivity (Wildman–Crippen MR) is 73.9 cm³/mol. The van der Waals surface area contributed by atoms with Crippen molar-refractivity contribution in [3.05, 3.63) is 35.1 Å². The number of rotatable bonds is 2. The molecule has 1 aliphatic rings. The third-order valence-electron chi connectivity index (χ3n) is 3.59. The second-order valence-corrected chi connectivity index (χ2v) is 5.16. The Morgan fingerprint density at radius 1 is 1.40 bits per heavy atom. The minimum absolute atomic E-state index is 0.0617. The lowest BCUT2D eigenvalue weighted by molar-refractivity contribution is -0.141. The van der Waals surface area contributed by atoms with Crippen LogP contribution in [0.15, 0.2) is 24.3 Å². The molecule has 0 spiro atoms. The lowest BCUT2D eigenvalue weighted by Crippen LogP contribution is -2.25. The van der Waals surface area contributed by atoms with Crippen LogP contribution in [0.25, 0.3) is 11.4 Å². The summed E-state index contributed by atoms with van der Waals surface area (Å²) >= 11 is 6.13. The molecule has 0 saturated carbocycles. The summed E-state index contributed by atoms with van der Waals surface area (Å²) in [5.74, 6) is -0.432. The van der Waals surface area contributed by atoms with Crippen LogP contribution >= 0.6 is 11.6 Å². The Morgan fingerprint density at radius 3 is 2.85 bits per heavy atom. The quantitative estimate of drug-likeness (QED) is 0.892. The summed E-state index contributed by atoms with van der Waals surface area (Å²) in [4.78, 5) is 15.7. The van der Waals surface area contributed by atoms with E-state index in [2.05, 4.69) is 4.98 Å². The number of hydrogen-bond acceptors (Lipinski definition) is 3. The van der Waals surface area contributed by atoms with E-state index >= 15 is 0 Å². The molecule has 20 heavy (non-hydrogen) atoms. The number of imidazole rings is 1. The highest BCUT2D eigenvalue weighted by Crippen LogP contribution is 2.38. The summed E-state index contributed by atoms with van der Waals surface area (Å²) in [6, 6.07) is 6.03. The third-order valence-corrected chi connectivity index (χ3v) is 3.90. The highest BCUT2D eigenvalue weighted by molar-refractivity contribution is 6.30. The van der Waals surface area contributed by atoms with Gasteiger partial charge in [0.05, 0.1) is 11.3 Å². The van der Waals surface area contributed by atoms with Crippen molar-refractivity contribution in [1.82, 2.24) is 9.55 Å². The Kier molecular flexibility index (Phi) is 3.14. The van der Waals surface area contributed by atoms with Crippen LogP contribution in [0.4, 0.5) is 0 Å². The molecule has 0 amide bonds. The third kappa shape index (κ3) is 1.94. The zero-order valence-corrected chi connectivity index (χ0v) is 11.3. The molecule has 1 aliphatic heterocycles. The van der Waals surface area contributed by atoms with E-state index in [0.717, 1.165) is 12.1 Å². The molecule has 1 atom stereocenters. The molecule has 0 bridgehead atoms. The lowest BCUT2D eigenvalue weighted by Gasteiger charge is -2.24. The molecule has 1 aromatic heterocycles. The number of hydrogen-bond donors (Lipinski definition) is 2. The predicted octanol–water partition coefficient (Wildman–Crippen LogP) is 2.87. The number of fused-ring (bicyclic) bond motifs is 1.